The topological polar surface area (TPSA) is 38.8 Å². The van der Waals surface area contributed by atoms with Gasteiger partial charge in [-0.2, -0.15) is 0 Å². The Morgan fingerprint density at radius 1 is 1.06 bits per heavy atom. The maximum atomic E-state index is 14.3. The van der Waals surface area contributed by atoms with Gasteiger partial charge in [0.2, 0.25) is 5.91 Å². The highest BCUT2D eigenvalue weighted by molar-refractivity contribution is 6.30. The van der Waals surface area contributed by atoms with Crippen LogP contribution in [-0.2, 0) is 33.1 Å². The van der Waals surface area contributed by atoms with Crippen molar-refractivity contribution in [3.8, 4) is 0 Å². The predicted molar refractivity (Wildman–Crippen MR) is 126 cm³/mol. The standard InChI is InChI=1S/C27H26ClF2NO3/c1-19(32)31-14-13-27(22-8-10-23(28)11-9-22,34-17-20-5-3-2-4-6-20)26(16-31)33-18-21-7-12-24(29)15-25(21)30/h2-12,15,26H,13-14,16-18H2,1H3/t26-,27-/m0/s1. The Bertz CT molecular complexity index is 1130. The maximum absolute atomic E-state index is 14.3. The van der Waals surface area contributed by atoms with E-state index in [4.69, 9.17) is 21.1 Å². The summed E-state index contributed by atoms with van der Waals surface area (Å²) >= 11 is 6.14. The minimum absolute atomic E-state index is 0.0747. The molecular formula is C27H26ClF2NO3. The smallest absolute Gasteiger partial charge is 0.219 e. The molecule has 0 saturated carbocycles. The number of benzene rings is 3. The van der Waals surface area contributed by atoms with Crippen molar-refractivity contribution in [3.05, 3.63) is 106 Å². The van der Waals surface area contributed by atoms with E-state index < -0.39 is 23.3 Å². The average Bonchev–Trinajstić information content (AvgIpc) is 2.83. The zero-order valence-electron chi connectivity index (χ0n) is 18.8. The molecule has 4 nitrogen and oxygen atoms in total. The lowest BCUT2D eigenvalue weighted by Gasteiger charge is -2.47. The van der Waals surface area contributed by atoms with Crippen molar-refractivity contribution in [1.29, 1.82) is 0 Å². The van der Waals surface area contributed by atoms with E-state index >= 15 is 0 Å². The van der Waals surface area contributed by atoms with Gasteiger partial charge in [-0.15, -0.1) is 0 Å². The number of hydrogen-bond acceptors (Lipinski definition) is 3. The number of nitrogens with zero attached hydrogens (tertiary/aromatic N) is 1. The molecule has 7 heteroatoms. The van der Waals surface area contributed by atoms with Crippen molar-refractivity contribution in [2.45, 2.75) is 38.3 Å². The van der Waals surface area contributed by atoms with Crippen molar-refractivity contribution >= 4 is 17.5 Å². The number of piperidine rings is 1. The molecular weight excluding hydrogens is 460 g/mol. The van der Waals surface area contributed by atoms with E-state index in [0.717, 1.165) is 17.2 Å². The Hall–Kier alpha value is -2.80. The van der Waals surface area contributed by atoms with E-state index in [0.29, 0.717) is 24.6 Å². The van der Waals surface area contributed by atoms with Crippen LogP contribution >= 0.6 is 11.6 Å². The minimum Gasteiger partial charge on any atom is -0.368 e. The van der Waals surface area contributed by atoms with Gasteiger partial charge in [-0.05, 0) is 29.3 Å². The molecule has 0 N–H and O–H groups in total. The molecule has 34 heavy (non-hydrogen) atoms. The number of halogens is 3. The van der Waals surface area contributed by atoms with Crippen LogP contribution in [0.1, 0.15) is 30.0 Å². The summed E-state index contributed by atoms with van der Waals surface area (Å²) in [6.45, 7) is 2.50. The molecule has 1 saturated heterocycles. The van der Waals surface area contributed by atoms with Crippen LogP contribution in [-0.4, -0.2) is 30.0 Å². The second-order valence-corrected chi connectivity index (χ2v) is 8.86. The number of carbonyl (C=O) groups excluding carboxylic acids is 1. The third-order valence-corrected chi connectivity index (χ3v) is 6.48. The number of amides is 1. The van der Waals surface area contributed by atoms with Gasteiger partial charge in [0.05, 0.1) is 19.8 Å². The lowest BCUT2D eigenvalue weighted by atomic mass is 9.81. The molecule has 0 aromatic heterocycles. The monoisotopic (exact) mass is 485 g/mol. The minimum atomic E-state index is -0.900. The maximum Gasteiger partial charge on any atom is 0.219 e. The van der Waals surface area contributed by atoms with Gasteiger partial charge in [-0.3, -0.25) is 4.79 Å². The molecule has 0 bridgehead atoms. The number of rotatable bonds is 7. The summed E-state index contributed by atoms with van der Waals surface area (Å²) in [6, 6.07) is 20.5. The molecule has 3 aromatic rings. The second kappa shape index (κ2) is 10.6. The SMILES string of the molecule is CC(=O)N1CC[C@](OCc2ccccc2)(c2ccc(Cl)cc2)[C@@H](OCc2ccc(F)cc2F)C1. The highest BCUT2D eigenvalue weighted by atomic mass is 35.5. The highest BCUT2D eigenvalue weighted by Crippen LogP contribution is 2.40. The summed E-state index contributed by atoms with van der Waals surface area (Å²) in [6.07, 6.45) is -0.114. The van der Waals surface area contributed by atoms with Gasteiger partial charge in [-0.1, -0.05) is 60.1 Å². The van der Waals surface area contributed by atoms with Crippen molar-refractivity contribution in [1.82, 2.24) is 4.90 Å². The van der Waals surface area contributed by atoms with Crippen LogP contribution in [0.15, 0.2) is 72.8 Å². The van der Waals surface area contributed by atoms with Crippen LogP contribution in [0, 0.1) is 11.6 Å². The van der Waals surface area contributed by atoms with E-state index in [-0.39, 0.29) is 24.6 Å². The molecule has 2 atom stereocenters. The molecule has 0 spiro atoms. The van der Waals surface area contributed by atoms with Crippen molar-refractivity contribution in [3.63, 3.8) is 0 Å². The van der Waals surface area contributed by atoms with Gasteiger partial charge in [0.25, 0.3) is 0 Å². The summed E-state index contributed by atoms with van der Waals surface area (Å²) in [5.41, 5.74) is 1.19. The van der Waals surface area contributed by atoms with Crippen LogP contribution in [0.3, 0.4) is 0 Å². The summed E-state index contributed by atoms with van der Waals surface area (Å²) in [4.78, 5) is 13.9. The normalized spacial score (nSPS) is 20.4. The fraction of sp³-hybridized carbons (Fsp3) is 0.296. The van der Waals surface area contributed by atoms with E-state index in [1.54, 1.807) is 17.0 Å². The van der Waals surface area contributed by atoms with Crippen LogP contribution in [0.4, 0.5) is 8.78 Å². The lowest BCUT2D eigenvalue weighted by molar-refractivity contribution is -0.195. The predicted octanol–water partition coefficient (Wildman–Crippen LogP) is 5.87. The average molecular weight is 486 g/mol. The van der Waals surface area contributed by atoms with Crippen molar-refractivity contribution in [2.75, 3.05) is 13.1 Å². The number of ether oxygens (including phenoxy) is 2. The van der Waals surface area contributed by atoms with Crippen LogP contribution in [0.5, 0.6) is 0 Å². The number of likely N-dealkylation sites (tertiary alicyclic amines) is 1. The van der Waals surface area contributed by atoms with E-state index in [1.807, 2.05) is 42.5 Å². The molecule has 0 radical (unpaired) electrons. The Labute approximate surface area is 203 Å². The summed E-state index contributed by atoms with van der Waals surface area (Å²) < 4.78 is 40.5. The summed E-state index contributed by atoms with van der Waals surface area (Å²) in [7, 11) is 0. The van der Waals surface area contributed by atoms with Gasteiger partial charge in [0, 0.05) is 36.5 Å². The number of carbonyl (C=O) groups is 1. The molecule has 4 rings (SSSR count). The molecule has 1 heterocycles. The number of hydrogen-bond donors (Lipinski definition) is 0. The van der Waals surface area contributed by atoms with Gasteiger partial charge in [-0.25, -0.2) is 8.78 Å². The third kappa shape index (κ3) is 5.46. The van der Waals surface area contributed by atoms with Crippen molar-refractivity contribution in [2.24, 2.45) is 0 Å². The van der Waals surface area contributed by atoms with Crippen molar-refractivity contribution < 1.29 is 23.0 Å². The first-order valence-electron chi connectivity index (χ1n) is 11.1. The molecule has 1 amide bonds. The van der Waals surface area contributed by atoms with Crippen LogP contribution in [0.25, 0.3) is 0 Å². The molecule has 1 aliphatic rings. The van der Waals surface area contributed by atoms with Gasteiger partial charge < -0.3 is 14.4 Å². The Morgan fingerprint density at radius 3 is 2.47 bits per heavy atom. The molecule has 1 aliphatic heterocycles. The van der Waals surface area contributed by atoms with Crippen LogP contribution in [0.2, 0.25) is 5.02 Å². The fourth-order valence-electron chi connectivity index (χ4n) is 4.30. The van der Waals surface area contributed by atoms with Gasteiger partial charge in [0.15, 0.2) is 0 Å². The summed E-state index contributed by atoms with van der Waals surface area (Å²) in [5, 5.41) is 0.592. The molecule has 0 unspecified atom stereocenters. The summed E-state index contributed by atoms with van der Waals surface area (Å²) in [5.74, 6) is -1.40. The zero-order valence-corrected chi connectivity index (χ0v) is 19.6. The van der Waals surface area contributed by atoms with E-state index in [2.05, 4.69) is 0 Å². The van der Waals surface area contributed by atoms with Gasteiger partial charge in [0.1, 0.15) is 23.3 Å². The highest BCUT2D eigenvalue weighted by Gasteiger charge is 2.47. The van der Waals surface area contributed by atoms with Gasteiger partial charge >= 0.3 is 0 Å². The quantitative estimate of drug-likeness (QED) is 0.420. The third-order valence-electron chi connectivity index (χ3n) is 6.23. The molecule has 1 fully saturated rings. The Kier molecular flexibility index (Phi) is 7.61. The fourth-order valence-corrected chi connectivity index (χ4v) is 4.43. The lowest BCUT2D eigenvalue weighted by Crippen LogP contribution is -2.56. The Balaban J connectivity index is 1.68. The molecule has 178 valence electrons. The largest absolute Gasteiger partial charge is 0.368 e. The first-order chi connectivity index (χ1) is 16.4. The second-order valence-electron chi connectivity index (χ2n) is 8.42. The van der Waals surface area contributed by atoms with E-state index in [1.165, 1.54) is 19.1 Å². The zero-order chi connectivity index (χ0) is 24.1. The molecule has 0 aliphatic carbocycles. The first kappa shape index (κ1) is 24.3. The van der Waals surface area contributed by atoms with E-state index in [9.17, 15) is 13.6 Å². The van der Waals surface area contributed by atoms with Crippen LogP contribution < -0.4 is 0 Å². The molecule has 3 aromatic carbocycles. The Morgan fingerprint density at radius 2 is 1.79 bits per heavy atom. The first-order valence-corrected chi connectivity index (χ1v) is 11.5.